The van der Waals surface area contributed by atoms with Gasteiger partial charge in [0.05, 0.1) is 24.4 Å². The van der Waals surface area contributed by atoms with E-state index in [4.69, 9.17) is 26.4 Å². The molecule has 372 valence electrons. The quantitative estimate of drug-likeness (QED) is 0.109. The molecule has 0 radical (unpaired) electrons. The van der Waals surface area contributed by atoms with E-state index in [0.717, 1.165) is 61.4 Å². The van der Waals surface area contributed by atoms with Crippen LogP contribution in [0.15, 0.2) is 103 Å². The highest BCUT2D eigenvalue weighted by Crippen LogP contribution is 2.40. The van der Waals surface area contributed by atoms with Crippen LogP contribution < -0.4 is 15.4 Å². The Kier molecular flexibility index (Phi) is 13.5. The van der Waals surface area contributed by atoms with Crippen molar-refractivity contribution in [3.63, 3.8) is 0 Å². The zero-order valence-corrected chi connectivity index (χ0v) is 43.4. The van der Waals surface area contributed by atoms with Gasteiger partial charge in [0.25, 0.3) is 0 Å². The standard InChI is InChI=1S/C55H60ClN11O4S/c1-30(2)51(54(70)65-28-31(3)22-47(65)53(69)59-33(5)37-14-18-43(19-15-37)64-21-20-57-35(64)7)66-29-40(27-58-66)39-10-9-11-44(23-39)71-45-24-42(25-45)60-48(68)26-46-52-63-62-36(8)67(52)55-49(32(4)34(6)72-55)50(61-46)38-12-16-41(56)17-13-38/h9-21,23,27,29-31,33,42,45-47,51H,22,24-26,28H2,1-8H3,(H,59,69)(H,60,68)/t31-,33+,42?,45?,46+,47+,51-/m1/s1. The summed E-state index contributed by atoms with van der Waals surface area (Å²) in [4.78, 5) is 54.8. The highest BCUT2D eigenvalue weighted by Gasteiger charge is 2.42. The van der Waals surface area contributed by atoms with Gasteiger partial charge in [-0.15, -0.1) is 21.5 Å². The number of nitrogens with zero attached hydrogens (tertiary/aromatic N) is 9. The number of hydrogen-bond acceptors (Lipinski definition) is 10. The molecular weight excluding hydrogens is 946 g/mol. The van der Waals surface area contributed by atoms with Crippen LogP contribution in [0.1, 0.15) is 116 Å². The Hall–Kier alpha value is -6.91. The fourth-order valence-electron chi connectivity index (χ4n) is 10.3. The lowest BCUT2D eigenvalue weighted by molar-refractivity contribution is -0.142. The van der Waals surface area contributed by atoms with Crippen LogP contribution in [0.3, 0.4) is 0 Å². The van der Waals surface area contributed by atoms with Gasteiger partial charge in [0, 0.05) is 76.3 Å². The summed E-state index contributed by atoms with van der Waals surface area (Å²) in [7, 11) is 0. The van der Waals surface area contributed by atoms with Gasteiger partial charge in [0.15, 0.2) is 5.82 Å². The van der Waals surface area contributed by atoms with Crippen LogP contribution in [0.5, 0.6) is 5.75 Å². The van der Waals surface area contributed by atoms with E-state index in [1.165, 1.54) is 4.88 Å². The third kappa shape index (κ3) is 9.61. The van der Waals surface area contributed by atoms with Crippen LogP contribution in [0, 0.1) is 39.5 Å². The van der Waals surface area contributed by atoms with Gasteiger partial charge in [-0.25, -0.2) is 4.98 Å². The van der Waals surface area contributed by atoms with Gasteiger partial charge in [-0.2, -0.15) is 5.10 Å². The first-order valence-corrected chi connectivity index (χ1v) is 26.0. The lowest BCUT2D eigenvalue weighted by Gasteiger charge is -2.36. The van der Waals surface area contributed by atoms with E-state index >= 15 is 0 Å². The van der Waals surface area contributed by atoms with Crippen LogP contribution in [-0.4, -0.2) is 87.2 Å². The normalized spacial score (nSPS) is 20.2. The minimum absolute atomic E-state index is 0.0470. The van der Waals surface area contributed by atoms with E-state index in [0.29, 0.717) is 42.4 Å². The number of benzene rings is 3. The summed E-state index contributed by atoms with van der Waals surface area (Å²) >= 11 is 7.97. The fraction of sp³-hybridized carbons (Fsp3) is 0.382. The number of likely N-dealkylation sites (tertiary alicyclic amines) is 1. The molecule has 0 bridgehead atoms. The van der Waals surface area contributed by atoms with E-state index < -0.39 is 18.1 Å². The summed E-state index contributed by atoms with van der Waals surface area (Å²) in [6.07, 6.45) is 9.32. The number of fused-ring (bicyclic) bond motifs is 3. The third-order valence-electron chi connectivity index (χ3n) is 14.4. The second-order valence-electron chi connectivity index (χ2n) is 20.0. The first-order valence-electron chi connectivity index (χ1n) is 24.8. The van der Waals surface area contributed by atoms with Gasteiger partial charge in [0.2, 0.25) is 17.7 Å². The van der Waals surface area contributed by atoms with Crippen LogP contribution in [0.4, 0.5) is 0 Å². The van der Waals surface area contributed by atoms with Crippen molar-refractivity contribution in [2.75, 3.05) is 6.54 Å². The topological polar surface area (TPSA) is 166 Å². The highest BCUT2D eigenvalue weighted by atomic mass is 35.5. The number of carbonyl (C=O) groups excluding carboxylic acids is 3. The molecule has 5 atom stereocenters. The number of halogens is 1. The van der Waals surface area contributed by atoms with Crippen molar-refractivity contribution in [2.24, 2.45) is 16.8 Å². The van der Waals surface area contributed by atoms with Crippen molar-refractivity contribution in [1.82, 2.24) is 49.6 Å². The number of amides is 3. The lowest BCUT2D eigenvalue weighted by atomic mass is 9.89. The maximum Gasteiger partial charge on any atom is 0.248 e. The van der Waals surface area contributed by atoms with Gasteiger partial charge in [-0.1, -0.05) is 68.8 Å². The molecule has 17 heteroatoms. The van der Waals surface area contributed by atoms with E-state index in [1.807, 2.05) is 124 Å². The summed E-state index contributed by atoms with van der Waals surface area (Å²) in [5.41, 5.74) is 7.60. The van der Waals surface area contributed by atoms with Crippen molar-refractivity contribution in [1.29, 1.82) is 0 Å². The summed E-state index contributed by atoms with van der Waals surface area (Å²) in [5, 5.41) is 21.8. The number of nitrogens with one attached hydrogen (secondary N) is 2. The fourth-order valence-corrected chi connectivity index (χ4v) is 11.7. The Morgan fingerprint density at radius 2 is 1.67 bits per heavy atom. The first kappa shape index (κ1) is 48.7. The number of thiophene rings is 1. The van der Waals surface area contributed by atoms with Crippen molar-refractivity contribution in [2.45, 2.75) is 117 Å². The number of carbonyl (C=O) groups is 3. The number of rotatable bonds is 14. The third-order valence-corrected chi connectivity index (χ3v) is 15.8. The average Bonchev–Trinajstić information content (AvgIpc) is 4.19. The minimum atomic E-state index is -0.609. The predicted molar refractivity (Wildman–Crippen MR) is 279 cm³/mol. The Bertz CT molecular complexity index is 3180. The van der Waals surface area contributed by atoms with E-state index in [2.05, 4.69) is 51.2 Å². The Morgan fingerprint density at radius 1 is 0.903 bits per heavy atom. The molecule has 2 fully saturated rings. The van der Waals surface area contributed by atoms with Crippen LogP contribution in [0.25, 0.3) is 21.8 Å². The molecule has 1 aliphatic carbocycles. The molecule has 3 aromatic carbocycles. The SMILES string of the molecule is Cc1sc2c(c1C)C(c1ccc(Cl)cc1)=N[C@@H](CC(=O)NC1CC(Oc3cccc(-c4cnn([C@@H](C(=O)N5C[C@H](C)C[C@H]5C(=O)N[C@@H](C)c5ccc(-n6ccnc6C)cc5)C(C)C)c4)c3)C1)c1nnc(C)n1-2. The summed E-state index contributed by atoms with van der Waals surface area (Å²) in [5.74, 6) is 2.66. The van der Waals surface area contributed by atoms with Gasteiger partial charge in [-0.3, -0.25) is 28.6 Å². The van der Waals surface area contributed by atoms with Gasteiger partial charge < -0.3 is 24.8 Å². The molecule has 2 aliphatic heterocycles. The largest absolute Gasteiger partial charge is 0.490 e. The van der Waals surface area contributed by atoms with E-state index in [9.17, 15) is 14.4 Å². The Balaban J connectivity index is 0.762. The van der Waals surface area contributed by atoms with Gasteiger partial charge in [-0.05, 0) is 106 Å². The lowest BCUT2D eigenvalue weighted by Crippen LogP contribution is -2.49. The maximum atomic E-state index is 14.5. The summed E-state index contributed by atoms with van der Waals surface area (Å²) in [6.45, 7) is 16.7. The molecule has 1 saturated carbocycles. The first-order chi connectivity index (χ1) is 34.6. The van der Waals surface area contributed by atoms with Crippen molar-refractivity contribution < 1.29 is 19.1 Å². The molecule has 3 aliphatic rings. The predicted octanol–water partition coefficient (Wildman–Crippen LogP) is 9.58. The number of aryl methyl sites for hydroxylation is 3. The molecule has 2 N–H and O–H groups in total. The zero-order chi connectivity index (χ0) is 50.5. The van der Waals surface area contributed by atoms with Crippen molar-refractivity contribution in [3.05, 3.63) is 147 Å². The molecule has 7 aromatic rings. The number of ether oxygens (including phenoxy) is 1. The second kappa shape index (κ2) is 19.9. The molecule has 0 unspecified atom stereocenters. The maximum absolute atomic E-state index is 14.5. The Morgan fingerprint density at radius 3 is 2.39 bits per heavy atom. The molecule has 4 aromatic heterocycles. The summed E-state index contributed by atoms with van der Waals surface area (Å²) < 4.78 is 12.3. The molecule has 3 amide bonds. The van der Waals surface area contributed by atoms with E-state index in [-0.39, 0.29) is 54.2 Å². The zero-order valence-electron chi connectivity index (χ0n) is 41.8. The molecule has 0 spiro atoms. The molecular formula is C55H60ClN11O4S. The van der Waals surface area contributed by atoms with Crippen molar-refractivity contribution in [3.8, 4) is 27.6 Å². The van der Waals surface area contributed by atoms with Crippen LogP contribution in [0.2, 0.25) is 5.02 Å². The molecule has 6 heterocycles. The van der Waals surface area contributed by atoms with Gasteiger partial charge >= 0.3 is 0 Å². The molecule has 72 heavy (non-hydrogen) atoms. The monoisotopic (exact) mass is 1010 g/mol. The van der Waals surface area contributed by atoms with Crippen molar-refractivity contribution >= 4 is 46.4 Å². The number of imidazole rings is 1. The average molecular weight is 1010 g/mol. The van der Waals surface area contributed by atoms with Crippen LogP contribution in [-0.2, 0) is 14.4 Å². The van der Waals surface area contributed by atoms with E-state index in [1.54, 1.807) is 33.3 Å². The smallest absolute Gasteiger partial charge is 0.248 e. The molecule has 10 rings (SSSR count). The number of hydrogen-bond donors (Lipinski definition) is 2. The van der Waals surface area contributed by atoms with Crippen LogP contribution >= 0.6 is 22.9 Å². The Labute approximate surface area is 428 Å². The number of aliphatic imine (C=N–C) groups is 1. The highest BCUT2D eigenvalue weighted by molar-refractivity contribution is 7.15. The minimum Gasteiger partial charge on any atom is -0.490 e. The van der Waals surface area contributed by atoms with Gasteiger partial charge in [0.1, 0.15) is 46.6 Å². The molecule has 1 saturated heterocycles. The molecule has 15 nitrogen and oxygen atoms in total. The number of aromatic nitrogens is 7. The summed E-state index contributed by atoms with van der Waals surface area (Å²) in [6, 6.07) is 21.5. The second-order valence-corrected chi connectivity index (χ2v) is 21.7.